The van der Waals surface area contributed by atoms with Crippen molar-refractivity contribution in [3.63, 3.8) is 0 Å². The molecule has 27 heavy (non-hydrogen) atoms. The first-order valence-corrected chi connectivity index (χ1v) is 8.59. The summed E-state index contributed by atoms with van der Waals surface area (Å²) in [5.41, 5.74) is 1.15. The van der Waals surface area contributed by atoms with Crippen LogP contribution in [0.25, 0.3) is 10.9 Å². The fraction of sp³-hybridized carbons (Fsp3) is 0.200. The van der Waals surface area contributed by atoms with Crippen molar-refractivity contribution in [1.82, 2.24) is 10.3 Å². The number of hydrogen-bond acceptors (Lipinski definition) is 5. The van der Waals surface area contributed by atoms with E-state index in [0.29, 0.717) is 23.8 Å². The van der Waals surface area contributed by atoms with E-state index in [0.717, 1.165) is 10.9 Å². The monoisotopic (exact) mass is 366 g/mol. The third-order valence-corrected chi connectivity index (χ3v) is 4.18. The van der Waals surface area contributed by atoms with Gasteiger partial charge in [-0.25, -0.2) is 4.79 Å². The van der Waals surface area contributed by atoms with Gasteiger partial charge in [-0.3, -0.25) is 4.79 Å². The Hall–Kier alpha value is -3.48. The van der Waals surface area contributed by atoms with Crippen molar-refractivity contribution in [2.45, 2.75) is 6.10 Å². The van der Waals surface area contributed by atoms with E-state index >= 15 is 0 Å². The van der Waals surface area contributed by atoms with Crippen LogP contribution in [0.2, 0.25) is 0 Å². The SMILES string of the molecule is O=C(COC(=O)c1cc2ccccc2[nH]1)NC[C@H]1COc2ccccc2O1. The van der Waals surface area contributed by atoms with Crippen molar-refractivity contribution >= 4 is 22.8 Å². The summed E-state index contributed by atoms with van der Waals surface area (Å²) in [6.07, 6.45) is -0.298. The average Bonchev–Trinajstić information content (AvgIpc) is 3.14. The molecule has 0 radical (unpaired) electrons. The molecule has 0 bridgehead atoms. The van der Waals surface area contributed by atoms with Crippen LogP contribution >= 0.6 is 0 Å². The molecule has 0 fully saturated rings. The van der Waals surface area contributed by atoms with Gasteiger partial charge in [0.05, 0.1) is 6.54 Å². The van der Waals surface area contributed by atoms with Crippen LogP contribution in [0.5, 0.6) is 11.5 Å². The van der Waals surface area contributed by atoms with Gasteiger partial charge in [-0.1, -0.05) is 30.3 Å². The van der Waals surface area contributed by atoms with Crippen LogP contribution in [-0.2, 0) is 9.53 Å². The van der Waals surface area contributed by atoms with E-state index in [1.165, 1.54) is 0 Å². The van der Waals surface area contributed by atoms with Gasteiger partial charge in [-0.2, -0.15) is 0 Å². The lowest BCUT2D eigenvalue weighted by Gasteiger charge is -2.26. The summed E-state index contributed by atoms with van der Waals surface area (Å²) in [6, 6.07) is 16.6. The number of aromatic amines is 1. The zero-order valence-electron chi connectivity index (χ0n) is 14.4. The van der Waals surface area contributed by atoms with Crippen LogP contribution < -0.4 is 14.8 Å². The summed E-state index contributed by atoms with van der Waals surface area (Å²) >= 11 is 0. The number of H-pyrrole nitrogens is 1. The van der Waals surface area contributed by atoms with Crippen LogP contribution in [0.3, 0.4) is 0 Å². The highest BCUT2D eigenvalue weighted by Crippen LogP contribution is 2.30. The van der Waals surface area contributed by atoms with Gasteiger partial charge in [0.15, 0.2) is 18.1 Å². The summed E-state index contributed by atoms with van der Waals surface area (Å²) in [5, 5.41) is 3.59. The standard InChI is InChI=1S/C20H18N2O5/c23-19(21-10-14-11-25-17-7-3-4-8-18(17)27-14)12-26-20(24)16-9-13-5-1-2-6-15(13)22-16/h1-9,14,22H,10-12H2,(H,21,23)/t14-/m0/s1. The Balaban J connectivity index is 1.24. The molecule has 138 valence electrons. The number of para-hydroxylation sites is 3. The Morgan fingerprint density at radius 1 is 1.11 bits per heavy atom. The number of benzene rings is 2. The molecular formula is C20H18N2O5. The molecule has 1 aromatic heterocycles. The van der Waals surface area contributed by atoms with E-state index in [4.69, 9.17) is 14.2 Å². The molecule has 4 rings (SSSR count). The van der Waals surface area contributed by atoms with Gasteiger partial charge in [0.1, 0.15) is 18.4 Å². The molecule has 0 saturated heterocycles. The Kier molecular flexibility index (Phi) is 4.65. The van der Waals surface area contributed by atoms with Gasteiger partial charge in [0, 0.05) is 10.9 Å². The van der Waals surface area contributed by atoms with E-state index in [9.17, 15) is 9.59 Å². The van der Waals surface area contributed by atoms with E-state index in [-0.39, 0.29) is 19.3 Å². The van der Waals surface area contributed by atoms with Crippen LogP contribution in [0, 0.1) is 0 Å². The first kappa shape index (κ1) is 17.0. The molecule has 3 aromatic rings. The van der Waals surface area contributed by atoms with Crippen LogP contribution in [0.4, 0.5) is 0 Å². The fourth-order valence-electron chi connectivity index (χ4n) is 2.83. The van der Waals surface area contributed by atoms with Crippen molar-refractivity contribution in [3.05, 3.63) is 60.3 Å². The number of nitrogens with one attached hydrogen (secondary N) is 2. The average molecular weight is 366 g/mol. The molecule has 1 aliphatic rings. The molecule has 1 atom stereocenters. The highest BCUT2D eigenvalue weighted by molar-refractivity contribution is 5.95. The zero-order valence-corrected chi connectivity index (χ0v) is 14.4. The minimum atomic E-state index is -0.576. The summed E-state index contributed by atoms with van der Waals surface area (Å²) in [4.78, 5) is 27.0. The molecule has 2 N–H and O–H groups in total. The maximum Gasteiger partial charge on any atom is 0.355 e. The van der Waals surface area contributed by atoms with Crippen LogP contribution in [-0.4, -0.2) is 42.7 Å². The number of amides is 1. The second-order valence-corrected chi connectivity index (χ2v) is 6.15. The zero-order chi connectivity index (χ0) is 18.6. The molecule has 0 aliphatic carbocycles. The molecule has 7 heteroatoms. The highest BCUT2D eigenvalue weighted by atomic mass is 16.6. The van der Waals surface area contributed by atoms with Crippen molar-refractivity contribution < 1.29 is 23.8 Å². The third kappa shape index (κ3) is 3.87. The van der Waals surface area contributed by atoms with E-state index in [2.05, 4.69) is 10.3 Å². The van der Waals surface area contributed by atoms with Gasteiger partial charge < -0.3 is 24.5 Å². The number of esters is 1. The number of rotatable bonds is 5. The molecule has 0 saturated carbocycles. The molecule has 0 spiro atoms. The third-order valence-electron chi connectivity index (χ3n) is 4.18. The minimum absolute atomic E-state index is 0.261. The highest BCUT2D eigenvalue weighted by Gasteiger charge is 2.21. The molecule has 0 unspecified atom stereocenters. The van der Waals surface area contributed by atoms with Gasteiger partial charge >= 0.3 is 5.97 Å². The molecule has 2 heterocycles. The Morgan fingerprint density at radius 3 is 2.74 bits per heavy atom. The van der Waals surface area contributed by atoms with Crippen LogP contribution in [0.15, 0.2) is 54.6 Å². The normalized spacial score (nSPS) is 15.3. The Labute approximate surface area is 155 Å². The fourth-order valence-corrected chi connectivity index (χ4v) is 2.83. The van der Waals surface area contributed by atoms with Gasteiger partial charge in [-0.15, -0.1) is 0 Å². The predicted octanol–water partition coefficient (Wildman–Crippen LogP) is 2.28. The van der Waals surface area contributed by atoms with Crippen molar-refractivity contribution in [3.8, 4) is 11.5 Å². The minimum Gasteiger partial charge on any atom is -0.486 e. The summed E-state index contributed by atoms with van der Waals surface area (Å²) in [7, 11) is 0. The van der Waals surface area contributed by atoms with Crippen molar-refractivity contribution in [2.75, 3.05) is 19.8 Å². The number of carbonyl (C=O) groups excluding carboxylic acids is 2. The first-order valence-electron chi connectivity index (χ1n) is 8.59. The van der Waals surface area contributed by atoms with E-state index in [1.807, 2.05) is 48.5 Å². The van der Waals surface area contributed by atoms with Gasteiger partial charge in [0.2, 0.25) is 0 Å². The van der Waals surface area contributed by atoms with Crippen molar-refractivity contribution in [2.24, 2.45) is 0 Å². The molecule has 7 nitrogen and oxygen atoms in total. The molecule has 1 aliphatic heterocycles. The number of hydrogen-bond donors (Lipinski definition) is 2. The molecular weight excluding hydrogens is 348 g/mol. The van der Waals surface area contributed by atoms with Crippen molar-refractivity contribution in [1.29, 1.82) is 0 Å². The smallest absolute Gasteiger partial charge is 0.355 e. The maximum atomic E-state index is 12.1. The predicted molar refractivity (Wildman–Crippen MR) is 97.9 cm³/mol. The van der Waals surface area contributed by atoms with E-state index in [1.54, 1.807) is 6.07 Å². The lowest BCUT2D eigenvalue weighted by Crippen LogP contribution is -2.42. The number of carbonyl (C=O) groups is 2. The topological polar surface area (TPSA) is 89.7 Å². The first-order chi connectivity index (χ1) is 13.2. The molecule has 2 aromatic carbocycles. The Morgan fingerprint density at radius 2 is 1.89 bits per heavy atom. The van der Waals surface area contributed by atoms with Gasteiger partial charge in [0.25, 0.3) is 5.91 Å². The summed E-state index contributed by atoms with van der Waals surface area (Å²) < 4.78 is 16.4. The second-order valence-electron chi connectivity index (χ2n) is 6.15. The Bertz CT molecular complexity index is 948. The van der Waals surface area contributed by atoms with Gasteiger partial charge in [-0.05, 0) is 24.3 Å². The summed E-state index contributed by atoms with van der Waals surface area (Å²) in [5.74, 6) is 0.357. The number of fused-ring (bicyclic) bond motifs is 2. The maximum absolute atomic E-state index is 12.1. The number of ether oxygens (including phenoxy) is 3. The largest absolute Gasteiger partial charge is 0.486 e. The van der Waals surface area contributed by atoms with E-state index < -0.39 is 11.9 Å². The second kappa shape index (κ2) is 7.41. The van der Waals surface area contributed by atoms with Crippen LogP contribution in [0.1, 0.15) is 10.5 Å². The summed E-state index contributed by atoms with van der Waals surface area (Å²) in [6.45, 7) is 0.238. The molecule has 1 amide bonds. The lowest BCUT2D eigenvalue weighted by molar-refractivity contribution is -0.124. The quantitative estimate of drug-likeness (QED) is 0.676. The lowest BCUT2D eigenvalue weighted by atomic mass is 10.2. The number of aromatic nitrogens is 1.